The van der Waals surface area contributed by atoms with Crippen LogP contribution in [0.5, 0.6) is 0 Å². The lowest BCUT2D eigenvalue weighted by molar-refractivity contribution is 0.143. The monoisotopic (exact) mass is 321 g/mol. The Morgan fingerprint density at radius 1 is 1.37 bits per heavy atom. The highest BCUT2D eigenvalue weighted by atomic mass is 79.9. The van der Waals surface area contributed by atoms with E-state index in [2.05, 4.69) is 27.0 Å². The zero-order chi connectivity index (χ0) is 13.4. The van der Waals surface area contributed by atoms with Crippen molar-refractivity contribution in [2.75, 3.05) is 0 Å². The van der Waals surface area contributed by atoms with Gasteiger partial charge in [0.25, 0.3) is 0 Å². The normalized spacial score (nSPS) is 19.2. The fourth-order valence-electron chi connectivity index (χ4n) is 2.68. The highest BCUT2D eigenvalue weighted by Gasteiger charge is 2.30. The van der Waals surface area contributed by atoms with Crippen LogP contribution in [0.15, 0.2) is 41.0 Å². The first-order chi connectivity index (χ1) is 9.16. The van der Waals surface area contributed by atoms with Gasteiger partial charge in [-0.1, -0.05) is 12.1 Å². The number of aromatic nitrogens is 1. The Morgan fingerprint density at radius 2 is 2.21 bits per heavy atom. The molecule has 1 aromatic carbocycles. The molecule has 0 fully saturated rings. The molecule has 0 aliphatic heterocycles. The van der Waals surface area contributed by atoms with Crippen molar-refractivity contribution >= 4 is 15.9 Å². The molecule has 0 bridgehead atoms. The molecule has 1 aliphatic carbocycles. The molecule has 0 saturated heterocycles. The topological polar surface area (TPSA) is 33.1 Å². The van der Waals surface area contributed by atoms with E-state index in [0.717, 1.165) is 24.1 Å². The number of aryl methyl sites for hydroxylation is 1. The zero-order valence-electron chi connectivity index (χ0n) is 10.2. The summed E-state index contributed by atoms with van der Waals surface area (Å²) in [6.07, 6.45) is 2.92. The molecule has 98 valence electrons. The number of halogens is 2. The van der Waals surface area contributed by atoms with E-state index in [4.69, 9.17) is 0 Å². The molecule has 1 aliphatic rings. The van der Waals surface area contributed by atoms with Crippen molar-refractivity contribution < 1.29 is 9.50 Å². The van der Waals surface area contributed by atoms with Gasteiger partial charge in [0.15, 0.2) is 0 Å². The molecule has 2 nitrogen and oxygen atoms in total. The molecule has 0 saturated carbocycles. The second-order valence-corrected chi connectivity index (χ2v) is 5.67. The molecule has 3 rings (SSSR count). The molecule has 0 spiro atoms. The second kappa shape index (κ2) is 5.02. The van der Waals surface area contributed by atoms with Crippen LogP contribution in [0.3, 0.4) is 0 Å². The first-order valence-electron chi connectivity index (χ1n) is 6.23. The highest BCUT2D eigenvalue weighted by Crippen LogP contribution is 2.40. The molecule has 2 atom stereocenters. The summed E-state index contributed by atoms with van der Waals surface area (Å²) in [5, 5.41) is 10.5. The van der Waals surface area contributed by atoms with Crippen molar-refractivity contribution in [3.63, 3.8) is 0 Å². The van der Waals surface area contributed by atoms with E-state index in [9.17, 15) is 9.50 Å². The van der Waals surface area contributed by atoms with E-state index in [1.807, 2.05) is 6.07 Å². The lowest BCUT2D eigenvalue weighted by Crippen LogP contribution is -2.09. The third-order valence-electron chi connectivity index (χ3n) is 3.67. The van der Waals surface area contributed by atoms with Gasteiger partial charge >= 0.3 is 0 Å². The predicted molar refractivity (Wildman–Crippen MR) is 74.4 cm³/mol. The van der Waals surface area contributed by atoms with E-state index in [1.54, 1.807) is 18.3 Å². The Morgan fingerprint density at radius 3 is 3.00 bits per heavy atom. The summed E-state index contributed by atoms with van der Waals surface area (Å²) >= 11 is 3.15. The highest BCUT2D eigenvalue weighted by molar-refractivity contribution is 9.10. The van der Waals surface area contributed by atoms with E-state index in [-0.39, 0.29) is 11.7 Å². The Kier molecular flexibility index (Phi) is 3.37. The molecule has 4 heteroatoms. The standard InChI is InChI=1S/C15H13BrFNO/c16-12-8-10(4-6-13(12)17)15(19)11-5-3-9-2-1-7-18-14(9)11/h1-2,4,6-8,11,15,19H,3,5H2. The van der Waals surface area contributed by atoms with Crippen molar-refractivity contribution in [2.45, 2.75) is 24.9 Å². The van der Waals surface area contributed by atoms with E-state index in [1.165, 1.54) is 11.6 Å². The molecule has 19 heavy (non-hydrogen) atoms. The lowest BCUT2D eigenvalue weighted by Gasteiger charge is -2.19. The minimum Gasteiger partial charge on any atom is -0.388 e. The largest absolute Gasteiger partial charge is 0.388 e. The Hall–Kier alpha value is -1.26. The van der Waals surface area contributed by atoms with Crippen molar-refractivity contribution in [1.82, 2.24) is 4.98 Å². The van der Waals surface area contributed by atoms with Crippen LogP contribution in [0.2, 0.25) is 0 Å². The molecular formula is C15H13BrFNO. The maximum atomic E-state index is 13.2. The number of pyridine rings is 1. The summed E-state index contributed by atoms with van der Waals surface area (Å²) in [5.74, 6) is -0.325. The maximum Gasteiger partial charge on any atom is 0.137 e. The number of aliphatic hydroxyl groups is 1. The van der Waals surface area contributed by atoms with Gasteiger partial charge in [-0.2, -0.15) is 0 Å². The first-order valence-corrected chi connectivity index (χ1v) is 7.03. The smallest absolute Gasteiger partial charge is 0.137 e. The molecule has 2 unspecified atom stereocenters. The summed E-state index contributed by atoms with van der Waals surface area (Å²) in [6, 6.07) is 8.61. The number of fused-ring (bicyclic) bond motifs is 1. The van der Waals surface area contributed by atoms with Gasteiger partial charge in [-0.25, -0.2) is 4.39 Å². The average Bonchev–Trinajstić information content (AvgIpc) is 2.85. The number of nitrogens with zero attached hydrogens (tertiary/aromatic N) is 1. The van der Waals surface area contributed by atoms with Crippen molar-refractivity contribution in [2.24, 2.45) is 0 Å². The third-order valence-corrected chi connectivity index (χ3v) is 4.28. The molecule has 0 amide bonds. The van der Waals surface area contributed by atoms with E-state index < -0.39 is 6.10 Å². The zero-order valence-corrected chi connectivity index (χ0v) is 11.8. The van der Waals surface area contributed by atoms with Crippen LogP contribution >= 0.6 is 15.9 Å². The van der Waals surface area contributed by atoms with E-state index in [0.29, 0.717) is 4.47 Å². The average molecular weight is 322 g/mol. The third kappa shape index (κ3) is 2.30. The fraction of sp³-hybridized carbons (Fsp3) is 0.267. The van der Waals surface area contributed by atoms with Crippen LogP contribution < -0.4 is 0 Å². The van der Waals surface area contributed by atoms with Crippen LogP contribution in [0, 0.1) is 5.82 Å². The minimum absolute atomic E-state index is 0.00596. The Balaban J connectivity index is 1.93. The Bertz CT molecular complexity index is 617. The summed E-state index contributed by atoms with van der Waals surface area (Å²) in [4.78, 5) is 4.38. The summed E-state index contributed by atoms with van der Waals surface area (Å²) in [6.45, 7) is 0. The van der Waals surface area contributed by atoms with Crippen LogP contribution in [-0.4, -0.2) is 10.1 Å². The molecule has 1 aromatic heterocycles. The molecule has 1 N–H and O–H groups in total. The fourth-order valence-corrected chi connectivity index (χ4v) is 3.08. The van der Waals surface area contributed by atoms with Gasteiger partial charge in [0, 0.05) is 17.8 Å². The Labute approximate surface area is 119 Å². The number of hydrogen-bond donors (Lipinski definition) is 1. The summed E-state index contributed by atoms with van der Waals surface area (Å²) in [5.41, 5.74) is 2.89. The lowest BCUT2D eigenvalue weighted by atomic mass is 9.93. The predicted octanol–water partition coefficient (Wildman–Crippen LogP) is 3.75. The van der Waals surface area contributed by atoms with Crippen LogP contribution in [0.4, 0.5) is 4.39 Å². The van der Waals surface area contributed by atoms with E-state index >= 15 is 0 Å². The van der Waals surface area contributed by atoms with Gasteiger partial charge in [-0.05, 0) is 58.1 Å². The SMILES string of the molecule is OC(c1ccc(F)c(Br)c1)C1CCc2cccnc21. The number of aliphatic hydroxyl groups excluding tert-OH is 1. The molecule has 2 aromatic rings. The summed E-state index contributed by atoms with van der Waals surface area (Å²) in [7, 11) is 0. The number of hydrogen-bond acceptors (Lipinski definition) is 2. The second-order valence-electron chi connectivity index (χ2n) is 4.81. The quantitative estimate of drug-likeness (QED) is 0.913. The van der Waals surface area contributed by atoms with Crippen LogP contribution in [-0.2, 0) is 6.42 Å². The van der Waals surface area contributed by atoms with Gasteiger partial charge in [-0.3, -0.25) is 4.98 Å². The van der Waals surface area contributed by atoms with Gasteiger partial charge in [-0.15, -0.1) is 0 Å². The molecule has 0 radical (unpaired) electrons. The van der Waals surface area contributed by atoms with Gasteiger partial charge < -0.3 is 5.11 Å². The van der Waals surface area contributed by atoms with Crippen molar-refractivity contribution in [3.8, 4) is 0 Å². The maximum absolute atomic E-state index is 13.2. The first kappa shape index (κ1) is 12.8. The number of benzene rings is 1. The van der Waals surface area contributed by atoms with Crippen molar-refractivity contribution in [1.29, 1.82) is 0 Å². The van der Waals surface area contributed by atoms with Gasteiger partial charge in [0.2, 0.25) is 0 Å². The summed E-state index contributed by atoms with van der Waals surface area (Å²) < 4.78 is 13.6. The molecular weight excluding hydrogens is 309 g/mol. The van der Waals surface area contributed by atoms with Gasteiger partial charge in [0.1, 0.15) is 5.82 Å². The van der Waals surface area contributed by atoms with Gasteiger partial charge in [0.05, 0.1) is 10.6 Å². The van der Waals surface area contributed by atoms with Crippen molar-refractivity contribution in [3.05, 3.63) is 63.6 Å². The molecule has 1 heterocycles. The van der Waals surface area contributed by atoms with Crippen LogP contribution in [0.1, 0.15) is 35.3 Å². The number of rotatable bonds is 2. The van der Waals surface area contributed by atoms with Crippen LogP contribution in [0.25, 0.3) is 0 Å². The minimum atomic E-state index is -0.645.